The molecule has 2 rings (SSSR count). The molecule has 0 bridgehead atoms. The molecule has 2 aromatic rings. The quantitative estimate of drug-likeness (QED) is 0.794. The van der Waals surface area contributed by atoms with Gasteiger partial charge in [0.1, 0.15) is 5.01 Å². The van der Waals surface area contributed by atoms with Crippen LogP contribution in [0.2, 0.25) is 0 Å². The number of hydrogen-bond donors (Lipinski definition) is 1. The summed E-state index contributed by atoms with van der Waals surface area (Å²) in [6.45, 7) is 4.37. The molecule has 0 aliphatic carbocycles. The monoisotopic (exact) mass is 209 g/mol. The molecule has 6 heteroatoms. The normalized spacial score (nSPS) is 10.8. The van der Waals surface area contributed by atoms with Gasteiger partial charge in [-0.05, 0) is 19.9 Å². The zero-order chi connectivity index (χ0) is 10.1. The molecule has 0 saturated carbocycles. The van der Waals surface area contributed by atoms with E-state index >= 15 is 0 Å². The molecule has 2 heterocycles. The molecule has 0 aromatic carbocycles. The van der Waals surface area contributed by atoms with Crippen LogP contribution < -0.4 is 5.73 Å². The highest BCUT2D eigenvalue weighted by Crippen LogP contribution is 2.16. The van der Waals surface area contributed by atoms with Gasteiger partial charge < -0.3 is 5.73 Å². The maximum Gasteiger partial charge on any atom is 0.233 e. The third-order valence-corrected chi connectivity index (χ3v) is 2.74. The van der Waals surface area contributed by atoms with E-state index in [0.29, 0.717) is 6.54 Å². The lowest BCUT2D eigenvalue weighted by Crippen LogP contribution is -1.97. The predicted octanol–water partition coefficient (Wildman–Crippen LogP) is 0.799. The fraction of sp³-hybridized carbons (Fsp3) is 0.375. The van der Waals surface area contributed by atoms with Crippen molar-refractivity contribution >= 4 is 11.3 Å². The number of aryl methyl sites for hydroxylation is 2. The SMILES string of the molecule is Cc1cc(C)n(-c2nnc(CN)s2)n1. The maximum atomic E-state index is 5.46. The first-order chi connectivity index (χ1) is 6.70. The summed E-state index contributed by atoms with van der Waals surface area (Å²) in [6, 6.07) is 2.00. The number of rotatable bonds is 2. The lowest BCUT2D eigenvalue weighted by atomic mass is 10.4. The Labute approximate surface area is 85.6 Å². The fourth-order valence-electron chi connectivity index (χ4n) is 1.24. The van der Waals surface area contributed by atoms with E-state index in [-0.39, 0.29) is 0 Å². The summed E-state index contributed by atoms with van der Waals surface area (Å²) in [7, 11) is 0. The van der Waals surface area contributed by atoms with Crippen LogP contribution in [0.25, 0.3) is 5.13 Å². The van der Waals surface area contributed by atoms with E-state index in [9.17, 15) is 0 Å². The predicted molar refractivity (Wildman–Crippen MR) is 54.4 cm³/mol. The van der Waals surface area contributed by atoms with Gasteiger partial charge in [-0.25, -0.2) is 4.68 Å². The molecular formula is C8H11N5S. The molecule has 0 amide bonds. The Morgan fingerprint density at radius 2 is 2.21 bits per heavy atom. The first-order valence-electron chi connectivity index (χ1n) is 4.27. The third kappa shape index (κ3) is 1.53. The number of aromatic nitrogens is 4. The average molecular weight is 209 g/mol. The van der Waals surface area contributed by atoms with Crippen LogP contribution in [0.1, 0.15) is 16.4 Å². The minimum Gasteiger partial charge on any atom is -0.324 e. The van der Waals surface area contributed by atoms with Gasteiger partial charge in [0, 0.05) is 12.2 Å². The van der Waals surface area contributed by atoms with Crippen LogP contribution in [0.5, 0.6) is 0 Å². The molecule has 0 saturated heterocycles. The first-order valence-corrected chi connectivity index (χ1v) is 5.08. The minimum absolute atomic E-state index is 0.428. The van der Waals surface area contributed by atoms with Crippen molar-refractivity contribution in [2.24, 2.45) is 5.73 Å². The van der Waals surface area contributed by atoms with Gasteiger partial charge in [0.25, 0.3) is 0 Å². The summed E-state index contributed by atoms with van der Waals surface area (Å²) in [4.78, 5) is 0. The Morgan fingerprint density at radius 3 is 2.71 bits per heavy atom. The van der Waals surface area contributed by atoms with Crippen LogP contribution in [0.15, 0.2) is 6.07 Å². The molecule has 0 atom stereocenters. The molecule has 2 aromatic heterocycles. The highest BCUT2D eigenvalue weighted by atomic mass is 32.1. The zero-order valence-corrected chi connectivity index (χ0v) is 8.88. The highest BCUT2D eigenvalue weighted by molar-refractivity contribution is 7.13. The van der Waals surface area contributed by atoms with E-state index < -0.39 is 0 Å². The lowest BCUT2D eigenvalue weighted by molar-refractivity contribution is 0.804. The van der Waals surface area contributed by atoms with Crippen LogP contribution in [-0.4, -0.2) is 20.0 Å². The van der Waals surface area contributed by atoms with Crippen molar-refractivity contribution in [1.29, 1.82) is 0 Å². The van der Waals surface area contributed by atoms with Crippen LogP contribution in [-0.2, 0) is 6.54 Å². The largest absolute Gasteiger partial charge is 0.324 e. The van der Waals surface area contributed by atoms with E-state index in [1.165, 1.54) is 11.3 Å². The van der Waals surface area contributed by atoms with Gasteiger partial charge >= 0.3 is 0 Å². The number of hydrogen-bond acceptors (Lipinski definition) is 5. The van der Waals surface area contributed by atoms with Crippen LogP contribution in [0.4, 0.5) is 0 Å². The van der Waals surface area contributed by atoms with E-state index in [0.717, 1.165) is 21.5 Å². The van der Waals surface area contributed by atoms with E-state index in [1.807, 2.05) is 19.9 Å². The molecule has 0 aliphatic heterocycles. The van der Waals surface area contributed by atoms with Gasteiger partial charge in [-0.1, -0.05) is 11.3 Å². The van der Waals surface area contributed by atoms with Crippen LogP contribution in [0, 0.1) is 13.8 Å². The van der Waals surface area contributed by atoms with Crippen molar-refractivity contribution < 1.29 is 0 Å². The van der Waals surface area contributed by atoms with E-state index in [1.54, 1.807) is 4.68 Å². The molecule has 0 spiro atoms. The second-order valence-corrected chi connectivity index (χ2v) is 4.06. The molecule has 0 fully saturated rings. The summed E-state index contributed by atoms with van der Waals surface area (Å²) in [6.07, 6.45) is 0. The topological polar surface area (TPSA) is 69.6 Å². The third-order valence-electron chi connectivity index (χ3n) is 1.82. The van der Waals surface area contributed by atoms with Gasteiger partial charge in [-0.2, -0.15) is 5.10 Å². The van der Waals surface area contributed by atoms with Crippen molar-refractivity contribution in [3.05, 3.63) is 22.5 Å². The van der Waals surface area contributed by atoms with Gasteiger partial charge in [0.2, 0.25) is 5.13 Å². The van der Waals surface area contributed by atoms with Crippen molar-refractivity contribution in [2.75, 3.05) is 0 Å². The zero-order valence-electron chi connectivity index (χ0n) is 8.06. The van der Waals surface area contributed by atoms with Gasteiger partial charge in [0.05, 0.1) is 5.69 Å². The average Bonchev–Trinajstić information content (AvgIpc) is 2.71. The van der Waals surface area contributed by atoms with Crippen molar-refractivity contribution in [1.82, 2.24) is 20.0 Å². The summed E-state index contributed by atoms with van der Waals surface area (Å²) < 4.78 is 1.78. The second kappa shape index (κ2) is 3.47. The minimum atomic E-state index is 0.428. The number of nitrogens with zero attached hydrogens (tertiary/aromatic N) is 4. The van der Waals surface area contributed by atoms with Crippen molar-refractivity contribution in [3.8, 4) is 5.13 Å². The molecule has 74 valence electrons. The van der Waals surface area contributed by atoms with Gasteiger partial charge in [-0.15, -0.1) is 10.2 Å². The van der Waals surface area contributed by atoms with Gasteiger partial charge in [-0.3, -0.25) is 0 Å². The molecule has 0 radical (unpaired) electrons. The van der Waals surface area contributed by atoms with Crippen LogP contribution in [0.3, 0.4) is 0 Å². The Bertz CT molecular complexity index is 444. The Kier molecular flexibility index (Phi) is 2.30. The van der Waals surface area contributed by atoms with E-state index in [2.05, 4.69) is 15.3 Å². The molecular weight excluding hydrogens is 198 g/mol. The number of nitrogens with two attached hydrogens (primary N) is 1. The summed E-state index contributed by atoms with van der Waals surface area (Å²) in [5.74, 6) is 0. The molecule has 0 unspecified atom stereocenters. The standard InChI is InChI=1S/C8H11N5S/c1-5-3-6(2)13(12-5)8-11-10-7(4-9)14-8/h3H,4,9H2,1-2H3. The fourth-order valence-corrected chi connectivity index (χ4v) is 1.96. The van der Waals surface area contributed by atoms with Crippen LogP contribution >= 0.6 is 11.3 Å². The summed E-state index contributed by atoms with van der Waals surface area (Å²) in [5.41, 5.74) is 7.50. The summed E-state index contributed by atoms with van der Waals surface area (Å²) in [5, 5.41) is 13.9. The molecule has 2 N–H and O–H groups in total. The maximum absolute atomic E-state index is 5.46. The Balaban J connectivity index is 2.43. The molecule has 5 nitrogen and oxygen atoms in total. The van der Waals surface area contributed by atoms with E-state index in [4.69, 9.17) is 5.73 Å². The highest BCUT2D eigenvalue weighted by Gasteiger charge is 2.08. The molecule has 14 heavy (non-hydrogen) atoms. The first kappa shape index (κ1) is 9.29. The lowest BCUT2D eigenvalue weighted by Gasteiger charge is -1.95. The van der Waals surface area contributed by atoms with Crippen molar-refractivity contribution in [2.45, 2.75) is 20.4 Å². The smallest absolute Gasteiger partial charge is 0.233 e. The second-order valence-electron chi connectivity index (χ2n) is 3.02. The van der Waals surface area contributed by atoms with Gasteiger partial charge in [0.15, 0.2) is 0 Å². The van der Waals surface area contributed by atoms with Crippen molar-refractivity contribution in [3.63, 3.8) is 0 Å². The Hall–Kier alpha value is -1.27. The summed E-state index contributed by atoms with van der Waals surface area (Å²) >= 11 is 1.47. The Morgan fingerprint density at radius 1 is 1.43 bits per heavy atom. The molecule has 0 aliphatic rings.